The lowest BCUT2D eigenvalue weighted by Crippen LogP contribution is -2.28. The van der Waals surface area contributed by atoms with E-state index in [9.17, 15) is 14.0 Å². The molecule has 2 aromatic rings. The molecule has 1 heterocycles. The Hall–Kier alpha value is -2.96. The van der Waals surface area contributed by atoms with Crippen molar-refractivity contribution in [1.82, 2.24) is 10.3 Å². The summed E-state index contributed by atoms with van der Waals surface area (Å²) in [5, 5.41) is 5.45. The van der Waals surface area contributed by atoms with E-state index in [4.69, 9.17) is 4.74 Å². The molecule has 7 heteroatoms. The predicted molar refractivity (Wildman–Crippen MR) is 89.3 cm³/mol. The van der Waals surface area contributed by atoms with Crippen molar-refractivity contribution in [3.8, 4) is 5.88 Å². The van der Waals surface area contributed by atoms with Gasteiger partial charge in [0.15, 0.2) is 6.61 Å². The molecule has 0 saturated heterocycles. The lowest BCUT2D eigenvalue weighted by molar-refractivity contribution is -0.123. The minimum atomic E-state index is -0.318. The van der Waals surface area contributed by atoms with Gasteiger partial charge in [0, 0.05) is 18.5 Å². The van der Waals surface area contributed by atoms with Crippen LogP contribution in [0.3, 0.4) is 0 Å². The Labute approximate surface area is 144 Å². The van der Waals surface area contributed by atoms with Crippen molar-refractivity contribution in [2.45, 2.75) is 19.4 Å². The number of hydrogen-bond donors (Lipinski definition) is 2. The molecular weight excluding hydrogens is 325 g/mol. The van der Waals surface area contributed by atoms with E-state index in [1.807, 2.05) is 0 Å². The average Bonchev–Trinajstić information content (AvgIpc) is 3.46. The van der Waals surface area contributed by atoms with Crippen molar-refractivity contribution in [3.05, 3.63) is 54.0 Å². The topological polar surface area (TPSA) is 80.3 Å². The number of hydrogen-bond acceptors (Lipinski definition) is 4. The lowest BCUT2D eigenvalue weighted by atomic mass is 10.2. The van der Waals surface area contributed by atoms with Gasteiger partial charge >= 0.3 is 0 Å². The predicted octanol–water partition coefficient (Wildman–Crippen LogP) is 2.26. The number of benzene rings is 1. The third-order valence-corrected chi connectivity index (χ3v) is 3.71. The first-order valence-corrected chi connectivity index (χ1v) is 8.01. The number of pyridine rings is 1. The van der Waals surface area contributed by atoms with Gasteiger partial charge in [-0.05, 0) is 36.6 Å². The monoisotopic (exact) mass is 343 g/mol. The summed E-state index contributed by atoms with van der Waals surface area (Å²) in [5.74, 6) is -0.198. The molecule has 0 spiro atoms. The maximum atomic E-state index is 12.8. The first-order chi connectivity index (χ1) is 12.1. The molecule has 3 rings (SSSR count). The van der Waals surface area contributed by atoms with Crippen LogP contribution in [-0.4, -0.2) is 23.4 Å². The number of nitrogens with one attached hydrogen (secondary N) is 2. The van der Waals surface area contributed by atoms with Crippen molar-refractivity contribution < 1.29 is 18.7 Å². The highest BCUT2D eigenvalue weighted by Gasteiger charge is 2.29. The quantitative estimate of drug-likeness (QED) is 0.808. The van der Waals surface area contributed by atoms with Crippen LogP contribution < -0.4 is 15.4 Å². The van der Waals surface area contributed by atoms with E-state index in [0.717, 1.165) is 18.4 Å². The molecule has 1 aromatic heterocycles. The number of rotatable bonds is 7. The zero-order valence-electron chi connectivity index (χ0n) is 13.5. The van der Waals surface area contributed by atoms with Gasteiger partial charge in [0.05, 0.1) is 11.9 Å². The van der Waals surface area contributed by atoms with E-state index in [0.29, 0.717) is 18.1 Å². The fourth-order valence-electron chi connectivity index (χ4n) is 2.12. The first-order valence-electron chi connectivity index (χ1n) is 8.01. The van der Waals surface area contributed by atoms with Crippen LogP contribution >= 0.6 is 0 Å². The summed E-state index contributed by atoms with van der Waals surface area (Å²) >= 11 is 0. The van der Waals surface area contributed by atoms with Crippen LogP contribution in [0, 0.1) is 11.7 Å². The molecule has 1 aliphatic rings. The third kappa shape index (κ3) is 5.27. The molecule has 1 aliphatic carbocycles. The van der Waals surface area contributed by atoms with Gasteiger partial charge in [-0.25, -0.2) is 9.37 Å². The number of amides is 2. The highest BCUT2D eigenvalue weighted by Crippen LogP contribution is 2.30. The zero-order chi connectivity index (χ0) is 17.6. The van der Waals surface area contributed by atoms with Gasteiger partial charge in [-0.15, -0.1) is 0 Å². The Kier molecular flexibility index (Phi) is 5.23. The van der Waals surface area contributed by atoms with Crippen molar-refractivity contribution in [2.24, 2.45) is 5.92 Å². The third-order valence-electron chi connectivity index (χ3n) is 3.71. The second-order valence-electron chi connectivity index (χ2n) is 5.84. The number of carbonyl (C=O) groups is 2. The van der Waals surface area contributed by atoms with Crippen molar-refractivity contribution in [1.29, 1.82) is 0 Å². The van der Waals surface area contributed by atoms with Gasteiger partial charge in [0.1, 0.15) is 5.82 Å². The summed E-state index contributed by atoms with van der Waals surface area (Å²) in [7, 11) is 0. The molecule has 1 aromatic carbocycles. The molecule has 25 heavy (non-hydrogen) atoms. The van der Waals surface area contributed by atoms with Crippen molar-refractivity contribution in [2.75, 3.05) is 11.9 Å². The van der Waals surface area contributed by atoms with E-state index in [-0.39, 0.29) is 30.2 Å². The minimum absolute atomic E-state index is 0.00985. The van der Waals surface area contributed by atoms with Gasteiger partial charge in [0.2, 0.25) is 11.8 Å². The minimum Gasteiger partial charge on any atom is -0.468 e. The van der Waals surface area contributed by atoms with Crippen LogP contribution in [0.25, 0.3) is 0 Å². The van der Waals surface area contributed by atoms with E-state index < -0.39 is 0 Å². The average molecular weight is 343 g/mol. The fraction of sp³-hybridized carbons (Fsp3) is 0.278. The Bertz CT molecular complexity index is 743. The number of halogens is 1. The molecule has 1 fully saturated rings. The maximum absolute atomic E-state index is 12.8. The standard InChI is InChI=1S/C18H18FN3O3/c19-14-5-1-12(2-6-14)9-20-16(23)11-25-17-8-7-15(10-21-17)22-18(24)13-3-4-13/h1-2,5-8,10,13H,3-4,9,11H2,(H,20,23)(H,22,24). The van der Waals surface area contributed by atoms with Gasteiger partial charge in [-0.2, -0.15) is 0 Å². The van der Waals surface area contributed by atoms with Crippen LogP contribution in [0.2, 0.25) is 0 Å². The Morgan fingerprint density at radius 3 is 2.56 bits per heavy atom. The van der Waals surface area contributed by atoms with Crippen molar-refractivity contribution in [3.63, 3.8) is 0 Å². The second kappa shape index (κ2) is 7.74. The summed E-state index contributed by atoms with van der Waals surface area (Å²) in [5.41, 5.74) is 1.40. The maximum Gasteiger partial charge on any atom is 0.258 e. The lowest BCUT2D eigenvalue weighted by Gasteiger charge is -2.08. The zero-order valence-corrected chi connectivity index (χ0v) is 13.5. The Morgan fingerprint density at radius 2 is 1.92 bits per heavy atom. The molecule has 0 bridgehead atoms. The van der Waals surface area contributed by atoms with Crippen LogP contribution in [0.1, 0.15) is 18.4 Å². The van der Waals surface area contributed by atoms with Gasteiger partial charge in [-0.3, -0.25) is 9.59 Å². The summed E-state index contributed by atoms with van der Waals surface area (Å²) in [6.07, 6.45) is 3.37. The summed E-state index contributed by atoms with van der Waals surface area (Å²) in [6.45, 7) is 0.115. The smallest absolute Gasteiger partial charge is 0.258 e. The second-order valence-corrected chi connectivity index (χ2v) is 5.84. The van der Waals surface area contributed by atoms with E-state index in [1.165, 1.54) is 18.3 Å². The number of nitrogens with zero attached hydrogens (tertiary/aromatic N) is 1. The fourth-order valence-corrected chi connectivity index (χ4v) is 2.12. The van der Waals surface area contributed by atoms with E-state index in [1.54, 1.807) is 24.3 Å². The van der Waals surface area contributed by atoms with Crippen molar-refractivity contribution >= 4 is 17.5 Å². The first kappa shape index (κ1) is 16.9. The normalized spacial score (nSPS) is 13.2. The molecule has 2 N–H and O–H groups in total. The summed E-state index contributed by atoms with van der Waals surface area (Å²) < 4.78 is 18.1. The molecule has 130 valence electrons. The van der Waals surface area contributed by atoms with Crippen LogP contribution in [0.15, 0.2) is 42.6 Å². The number of carbonyl (C=O) groups excluding carboxylic acids is 2. The molecule has 0 aliphatic heterocycles. The molecular formula is C18H18FN3O3. The molecule has 1 saturated carbocycles. The number of ether oxygens (including phenoxy) is 1. The molecule has 0 radical (unpaired) electrons. The molecule has 0 atom stereocenters. The van der Waals surface area contributed by atoms with Crippen LogP contribution in [0.4, 0.5) is 10.1 Å². The van der Waals surface area contributed by atoms with E-state index in [2.05, 4.69) is 15.6 Å². The summed E-state index contributed by atoms with van der Waals surface area (Å²) in [4.78, 5) is 27.4. The summed E-state index contributed by atoms with van der Waals surface area (Å²) in [6, 6.07) is 9.16. The largest absolute Gasteiger partial charge is 0.468 e. The highest BCUT2D eigenvalue weighted by atomic mass is 19.1. The Morgan fingerprint density at radius 1 is 1.16 bits per heavy atom. The number of anilines is 1. The SMILES string of the molecule is O=C(COc1ccc(NC(=O)C2CC2)cn1)NCc1ccc(F)cc1. The highest BCUT2D eigenvalue weighted by molar-refractivity contribution is 5.93. The molecule has 2 amide bonds. The van der Waals surface area contributed by atoms with Crippen LogP contribution in [0.5, 0.6) is 5.88 Å². The van der Waals surface area contributed by atoms with Gasteiger partial charge < -0.3 is 15.4 Å². The van der Waals surface area contributed by atoms with Crippen LogP contribution in [-0.2, 0) is 16.1 Å². The van der Waals surface area contributed by atoms with Gasteiger partial charge in [0.25, 0.3) is 5.91 Å². The van der Waals surface area contributed by atoms with E-state index >= 15 is 0 Å². The number of aromatic nitrogens is 1. The Balaban J connectivity index is 1.40. The van der Waals surface area contributed by atoms with Gasteiger partial charge in [-0.1, -0.05) is 12.1 Å². The molecule has 0 unspecified atom stereocenters. The molecule has 6 nitrogen and oxygen atoms in total.